The molecule has 0 aliphatic carbocycles. The maximum absolute atomic E-state index is 12.6. The zero-order chi connectivity index (χ0) is 21.8. The number of carbonyl (C=O) groups excluding carboxylic acids is 2. The number of amides is 2. The Morgan fingerprint density at radius 3 is 2.71 bits per heavy atom. The Kier molecular flexibility index (Phi) is 7.07. The van der Waals surface area contributed by atoms with Gasteiger partial charge in [0.2, 0.25) is 5.91 Å². The molecule has 0 bridgehead atoms. The van der Waals surface area contributed by atoms with Gasteiger partial charge < -0.3 is 10.2 Å². The zero-order valence-electron chi connectivity index (χ0n) is 17.2. The molecule has 1 aliphatic rings. The Balaban J connectivity index is 1.42. The van der Waals surface area contributed by atoms with Crippen LogP contribution in [0.5, 0.6) is 0 Å². The minimum Gasteiger partial charge on any atom is -0.353 e. The van der Waals surface area contributed by atoms with E-state index in [0.29, 0.717) is 16.4 Å². The van der Waals surface area contributed by atoms with Gasteiger partial charge in [-0.05, 0) is 52.6 Å². The van der Waals surface area contributed by atoms with Crippen LogP contribution in [0.1, 0.15) is 31.7 Å². The number of hydrogen-bond donors (Lipinski definition) is 1. The topological polar surface area (TPSA) is 52.7 Å². The van der Waals surface area contributed by atoms with E-state index in [-0.39, 0.29) is 24.4 Å². The predicted molar refractivity (Wildman–Crippen MR) is 127 cm³/mol. The molecule has 0 saturated carbocycles. The fraction of sp³-hybridized carbons (Fsp3) is 0.304. The molecule has 31 heavy (non-hydrogen) atoms. The average Bonchev–Trinajstić information content (AvgIpc) is 3.46. The van der Waals surface area contributed by atoms with Gasteiger partial charge in [-0.1, -0.05) is 29.8 Å². The number of rotatable bonds is 7. The zero-order valence-corrected chi connectivity index (χ0v) is 19.6. The SMILES string of the molecule is CN(CC(=O)NCC(c1ccc(Cl)cc1)N1CCc2sccc2C1)C(=O)c1cccs1. The fourth-order valence-electron chi connectivity index (χ4n) is 3.82. The predicted octanol–water partition coefficient (Wildman–Crippen LogP) is 4.45. The van der Waals surface area contributed by atoms with Crippen LogP contribution in [0.4, 0.5) is 0 Å². The van der Waals surface area contributed by atoms with E-state index in [1.54, 1.807) is 13.1 Å². The van der Waals surface area contributed by atoms with Gasteiger partial charge in [0.1, 0.15) is 0 Å². The first-order valence-electron chi connectivity index (χ1n) is 10.1. The number of fused-ring (bicyclic) bond motifs is 1. The number of carbonyl (C=O) groups is 2. The third kappa shape index (κ3) is 5.36. The van der Waals surface area contributed by atoms with Gasteiger partial charge in [0.15, 0.2) is 0 Å². The summed E-state index contributed by atoms with van der Waals surface area (Å²) in [6.07, 6.45) is 1.02. The first kappa shape index (κ1) is 22.0. The molecule has 1 aliphatic heterocycles. The molecule has 1 atom stereocenters. The Morgan fingerprint density at radius 1 is 1.16 bits per heavy atom. The molecule has 0 radical (unpaired) electrons. The molecule has 0 fully saturated rings. The molecule has 8 heteroatoms. The molecule has 2 aromatic heterocycles. The molecule has 2 amide bonds. The van der Waals surface area contributed by atoms with Gasteiger partial charge in [0.25, 0.3) is 5.91 Å². The largest absolute Gasteiger partial charge is 0.353 e. The van der Waals surface area contributed by atoms with Crippen molar-refractivity contribution in [1.29, 1.82) is 0 Å². The lowest BCUT2D eigenvalue weighted by atomic mass is 10.0. The van der Waals surface area contributed by atoms with Crippen molar-refractivity contribution >= 4 is 46.1 Å². The number of likely N-dealkylation sites (N-methyl/N-ethyl adjacent to an activating group) is 1. The molecule has 3 aromatic rings. The molecule has 0 spiro atoms. The highest BCUT2D eigenvalue weighted by atomic mass is 35.5. The average molecular weight is 474 g/mol. The van der Waals surface area contributed by atoms with E-state index in [0.717, 1.165) is 25.1 Å². The molecule has 0 saturated heterocycles. The molecular formula is C23H24ClN3O2S2. The summed E-state index contributed by atoms with van der Waals surface area (Å²) >= 11 is 9.28. The van der Waals surface area contributed by atoms with Crippen molar-refractivity contribution in [2.24, 2.45) is 0 Å². The summed E-state index contributed by atoms with van der Waals surface area (Å²) in [5.41, 5.74) is 2.48. The van der Waals surface area contributed by atoms with Crippen LogP contribution in [0.2, 0.25) is 5.02 Å². The fourth-order valence-corrected chi connectivity index (χ4v) is 5.55. The highest BCUT2D eigenvalue weighted by molar-refractivity contribution is 7.12. The Bertz CT molecular complexity index is 1030. The Labute approximate surface area is 195 Å². The maximum Gasteiger partial charge on any atom is 0.264 e. The van der Waals surface area contributed by atoms with Gasteiger partial charge in [-0.25, -0.2) is 0 Å². The van der Waals surface area contributed by atoms with Gasteiger partial charge in [-0.2, -0.15) is 0 Å². The van der Waals surface area contributed by atoms with Crippen LogP contribution in [-0.2, 0) is 17.8 Å². The molecule has 1 aromatic carbocycles. The minimum absolute atomic E-state index is 0.0265. The molecule has 4 rings (SSSR count). The van der Waals surface area contributed by atoms with Crippen LogP contribution in [0.3, 0.4) is 0 Å². The normalized spacial score (nSPS) is 14.6. The summed E-state index contributed by atoms with van der Waals surface area (Å²) in [4.78, 5) is 31.0. The summed E-state index contributed by atoms with van der Waals surface area (Å²) in [6, 6.07) is 13.6. The summed E-state index contributed by atoms with van der Waals surface area (Å²) in [6.45, 7) is 2.30. The van der Waals surface area contributed by atoms with Gasteiger partial charge in [-0.3, -0.25) is 14.5 Å². The van der Waals surface area contributed by atoms with E-state index >= 15 is 0 Å². The van der Waals surface area contributed by atoms with E-state index in [1.807, 2.05) is 47.0 Å². The van der Waals surface area contributed by atoms with Crippen LogP contribution in [0.25, 0.3) is 0 Å². The summed E-state index contributed by atoms with van der Waals surface area (Å²) in [5, 5.41) is 7.74. The van der Waals surface area contributed by atoms with Crippen molar-refractivity contribution in [2.75, 3.05) is 26.7 Å². The van der Waals surface area contributed by atoms with Crippen molar-refractivity contribution in [2.45, 2.75) is 19.0 Å². The van der Waals surface area contributed by atoms with Crippen molar-refractivity contribution in [3.05, 3.63) is 79.1 Å². The molecule has 1 unspecified atom stereocenters. The molecule has 3 heterocycles. The van der Waals surface area contributed by atoms with Crippen LogP contribution in [0.15, 0.2) is 53.2 Å². The van der Waals surface area contributed by atoms with Crippen molar-refractivity contribution in [1.82, 2.24) is 15.1 Å². The Morgan fingerprint density at radius 2 is 1.97 bits per heavy atom. The monoisotopic (exact) mass is 473 g/mol. The van der Waals surface area contributed by atoms with Crippen LogP contribution in [-0.4, -0.2) is 48.3 Å². The molecular weight excluding hydrogens is 450 g/mol. The molecule has 5 nitrogen and oxygen atoms in total. The standard InChI is InChI=1S/C23H24ClN3O2S2/c1-26(23(29)21-3-2-11-30-21)15-22(28)25-13-19(16-4-6-18(24)7-5-16)27-10-8-20-17(14-27)9-12-31-20/h2-7,9,11-12,19H,8,10,13-15H2,1H3,(H,25,28). The van der Waals surface area contributed by atoms with Crippen LogP contribution >= 0.6 is 34.3 Å². The van der Waals surface area contributed by atoms with Crippen molar-refractivity contribution in [3.63, 3.8) is 0 Å². The maximum atomic E-state index is 12.6. The van der Waals surface area contributed by atoms with E-state index in [1.165, 1.54) is 26.7 Å². The van der Waals surface area contributed by atoms with E-state index < -0.39 is 0 Å². The second kappa shape index (κ2) is 9.96. The van der Waals surface area contributed by atoms with Crippen molar-refractivity contribution in [3.8, 4) is 0 Å². The lowest BCUT2D eigenvalue weighted by molar-refractivity contribution is -0.121. The molecule has 162 valence electrons. The molecule has 1 N–H and O–H groups in total. The van der Waals surface area contributed by atoms with Gasteiger partial charge in [0, 0.05) is 36.6 Å². The summed E-state index contributed by atoms with van der Waals surface area (Å²) in [5.74, 6) is -0.306. The number of halogens is 1. The van der Waals surface area contributed by atoms with E-state index in [9.17, 15) is 9.59 Å². The lowest BCUT2D eigenvalue weighted by Gasteiger charge is -2.35. The quantitative estimate of drug-likeness (QED) is 0.551. The summed E-state index contributed by atoms with van der Waals surface area (Å²) < 4.78 is 0. The second-order valence-electron chi connectivity index (χ2n) is 7.60. The summed E-state index contributed by atoms with van der Waals surface area (Å²) in [7, 11) is 1.65. The van der Waals surface area contributed by atoms with Gasteiger partial charge in [0.05, 0.1) is 17.5 Å². The highest BCUT2D eigenvalue weighted by Crippen LogP contribution is 2.30. The van der Waals surface area contributed by atoms with Crippen molar-refractivity contribution < 1.29 is 9.59 Å². The van der Waals surface area contributed by atoms with Crippen LogP contribution in [0, 0.1) is 0 Å². The van der Waals surface area contributed by atoms with E-state index in [4.69, 9.17) is 11.6 Å². The second-order valence-corrected chi connectivity index (χ2v) is 9.98. The number of hydrogen-bond acceptors (Lipinski definition) is 5. The number of benzene rings is 1. The first-order valence-corrected chi connectivity index (χ1v) is 12.3. The first-order chi connectivity index (χ1) is 15.0. The van der Waals surface area contributed by atoms with Gasteiger partial charge in [-0.15, -0.1) is 22.7 Å². The lowest BCUT2D eigenvalue weighted by Crippen LogP contribution is -2.43. The number of nitrogens with zero attached hydrogens (tertiary/aromatic N) is 2. The number of thiophene rings is 2. The van der Waals surface area contributed by atoms with E-state index in [2.05, 4.69) is 21.7 Å². The smallest absolute Gasteiger partial charge is 0.264 e. The Hall–Kier alpha value is -2.19. The number of nitrogens with one attached hydrogen (secondary N) is 1. The third-order valence-electron chi connectivity index (χ3n) is 5.48. The van der Waals surface area contributed by atoms with Crippen LogP contribution < -0.4 is 5.32 Å². The third-order valence-corrected chi connectivity index (χ3v) is 7.62. The van der Waals surface area contributed by atoms with Gasteiger partial charge >= 0.3 is 0 Å². The minimum atomic E-state index is -0.167. The highest BCUT2D eigenvalue weighted by Gasteiger charge is 2.26.